The van der Waals surface area contributed by atoms with Gasteiger partial charge in [0.1, 0.15) is 0 Å². The molecule has 0 unspecified atom stereocenters. The quantitative estimate of drug-likeness (QED) is 0.748. The van der Waals surface area contributed by atoms with E-state index in [1.165, 1.54) is 11.1 Å². The molecular formula is C10H11BrN2. The molecule has 3 heteroatoms. The Morgan fingerprint density at radius 1 is 1.54 bits per heavy atom. The van der Waals surface area contributed by atoms with Gasteiger partial charge in [-0.05, 0) is 24.1 Å². The molecule has 1 aliphatic heterocycles. The van der Waals surface area contributed by atoms with Crippen molar-refractivity contribution in [3.8, 4) is 0 Å². The van der Waals surface area contributed by atoms with Crippen molar-refractivity contribution in [2.75, 3.05) is 0 Å². The molecule has 1 aromatic rings. The first kappa shape index (κ1) is 8.75. The minimum absolute atomic E-state index is 0.894. The summed E-state index contributed by atoms with van der Waals surface area (Å²) < 4.78 is 0. The Morgan fingerprint density at radius 2 is 2.38 bits per heavy atom. The number of hydrogen-bond donors (Lipinski definition) is 1. The van der Waals surface area contributed by atoms with E-state index in [-0.39, 0.29) is 0 Å². The standard InChI is InChI=1S/C10H11BrN2/c1-7-12-6-9-4-8(5-11)2-3-10(9)13-7/h2-4H,5-6H2,1H3,(H,12,13). The number of hydrogen-bond acceptors (Lipinski definition) is 2. The Kier molecular flexibility index (Phi) is 2.36. The lowest BCUT2D eigenvalue weighted by molar-refractivity contribution is 0.885. The van der Waals surface area contributed by atoms with Gasteiger partial charge in [0.25, 0.3) is 0 Å². The highest BCUT2D eigenvalue weighted by Gasteiger charge is 2.07. The van der Waals surface area contributed by atoms with Crippen molar-refractivity contribution in [3.05, 3.63) is 29.3 Å². The number of nitrogens with zero attached hydrogens (tertiary/aromatic N) is 1. The van der Waals surface area contributed by atoms with Crippen LogP contribution in [0.25, 0.3) is 0 Å². The van der Waals surface area contributed by atoms with E-state index in [0.717, 1.165) is 23.4 Å². The lowest BCUT2D eigenvalue weighted by Crippen LogP contribution is -2.22. The molecule has 0 saturated carbocycles. The van der Waals surface area contributed by atoms with Gasteiger partial charge >= 0.3 is 0 Å². The molecule has 0 saturated heterocycles. The van der Waals surface area contributed by atoms with Crippen molar-refractivity contribution in [3.63, 3.8) is 0 Å². The molecule has 0 aromatic heterocycles. The molecule has 1 aromatic carbocycles. The highest BCUT2D eigenvalue weighted by Crippen LogP contribution is 2.24. The largest absolute Gasteiger partial charge is 0.370 e. The fraction of sp³-hybridized carbons (Fsp3) is 0.300. The second-order valence-electron chi connectivity index (χ2n) is 3.15. The van der Waals surface area contributed by atoms with Gasteiger partial charge in [-0.1, -0.05) is 28.1 Å². The van der Waals surface area contributed by atoms with Crippen molar-refractivity contribution >= 4 is 27.5 Å². The second kappa shape index (κ2) is 3.50. The van der Waals surface area contributed by atoms with E-state index in [0.29, 0.717) is 0 Å². The van der Waals surface area contributed by atoms with E-state index >= 15 is 0 Å². The summed E-state index contributed by atoms with van der Waals surface area (Å²) in [6.07, 6.45) is 0. The third-order valence-corrected chi connectivity index (χ3v) is 2.77. The van der Waals surface area contributed by atoms with Crippen LogP contribution in [0.2, 0.25) is 0 Å². The van der Waals surface area contributed by atoms with Crippen LogP contribution in [0.3, 0.4) is 0 Å². The van der Waals surface area contributed by atoms with Crippen LogP contribution in [-0.2, 0) is 11.9 Å². The van der Waals surface area contributed by atoms with Gasteiger partial charge in [-0.2, -0.15) is 0 Å². The van der Waals surface area contributed by atoms with Gasteiger partial charge < -0.3 is 5.32 Å². The number of alkyl halides is 1. The fourth-order valence-corrected chi connectivity index (χ4v) is 1.76. The molecule has 0 bridgehead atoms. The number of amidine groups is 1. The molecule has 13 heavy (non-hydrogen) atoms. The summed E-state index contributed by atoms with van der Waals surface area (Å²) in [7, 11) is 0. The van der Waals surface area contributed by atoms with Crippen molar-refractivity contribution in [1.82, 2.24) is 5.32 Å². The summed E-state index contributed by atoms with van der Waals surface area (Å²) in [6, 6.07) is 6.37. The van der Waals surface area contributed by atoms with E-state index in [9.17, 15) is 0 Å². The molecule has 0 radical (unpaired) electrons. The van der Waals surface area contributed by atoms with Gasteiger partial charge in [-0.3, -0.25) is 0 Å². The second-order valence-corrected chi connectivity index (χ2v) is 3.71. The summed E-state index contributed by atoms with van der Waals surface area (Å²) in [4.78, 5) is 4.41. The molecule has 2 nitrogen and oxygen atoms in total. The zero-order valence-electron chi connectivity index (χ0n) is 7.47. The Bertz CT molecular complexity index is 358. The predicted octanol–water partition coefficient (Wildman–Crippen LogP) is 2.73. The average molecular weight is 239 g/mol. The summed E-state index contributed by atoms with van der Waals surface area (Å²) in [5.41, 5.74) is 3.68. The molecule has 68 valence electrons. The van der Waals surface area contributed by atoms with E-state index in [2.05, 4.69) is 44.4 Å². The third kappa shape index (κ3) is 1.75. The van der Waals surface area contributed by atoms with Gasteiger partial charge in [0, 0.05) is 11.9 Å². The zero-order chi connectivity index (χ0) is 9.26. The topological polar surface area (TPSA) is 24.4 Å². The molecular weight excluding hydrogens is 228 g/mol. The first-order valence-corrected chi connectivity index (χ1v) is 5.38. The number of aliphatic imine (C=N–C) groups is 1. The van der Waals surface area contributed by atoms with Crippen LogP contribution in [0.15, 0.2) is 23.2 Å². The van der Waals surface area contributed by atoms with Crippen molar-refractivity contribution in [1.29, 1.82) is 0 Å². The number of rotatable bonds is 1. The molecule has 0 spiro atoms. The first-order chi connectivity index (χ1) is 6.29. The third-order valence-electron chi connectivity index (χ3n) is 2.12. The molecule has 0 aliphatic carbocycles. The smallest absolute Gasteiger partial charge is 0.0993 e. The lowest BCUT2D eigenvalue weighted by Gasteiger charge is -2.15. The van der Waals surface area contributed by atoms with Gasteiger partial charge in [0.2, 0.25) is 0 Å². The minimum Gasteiger partial charge on any atom is -0.370 e. The van der Waals surface area contributed by atoms with Crippen LogP contribution in [0, 0.1) is 0 Å². The van der Waals surface area contributed by atoms with Crippen LogP contribution in [0.1, 0.15) is 18.1 Å². The van der Waals surface area contributed by atoms with Gasteiger partial charge in [0.15, 0.2) is 0 Å². The molecule has 1 N–H and O–H groups in total. The highest BCUT2D eigenvalue weighted by atomic mass is 79.9. The van der Waals surface area contributed by atoms with Crippen molar-refractivity contribution < 1.29 is 0 Å². The van der Waals surface area contributed by atoms with Crippen molar-refractivity contribution in [2.45, 2.75) is 18.8 Å². The minimum atomic E-state index is 0.894. The lowest BCUT2D eigenvalue weighted by atomic mass is 10.1. The summed E-state index contributed by atoms with van der Waals surface area (Å²) in [5, 5.41) is 4.13. The maximum atomic E-state index is 4.41. The molecule has 0 atom stereocenters. The number of halogens is 1. The van der Waals surface area contributed by atoms with Crippen LogP contribution >= 0.6 is 15.9 Å². The molecule has 2 rings (SSSR count). The van der Waals surface area contributed by atoms with Gasteiger partial charge in [0.05, 0.1) is 11.5 Å². The summed E-state index contributed by atoms with van der Waals surface area (Å²) in [5.74, 6) is 0.999. The van der Waals surface area contributed by atoms with Gasteiger partial charge in [-0.25, -0.2) is 4.99 Å². The zero-order valence-corrected chi connectivity index (χ0v) is 9.06. The highest BCUT2D eigenvalue weighted by molar-refractivity contribution is 9.08. The summed E-state index contributed by atoms with van der Waals surface area (Å²) in [6.45, 7) is 2.88. The first-order valence-electron chi connectivity index (χ1n) is 4.26. The van der Waals surface area contributed by atoms with E-state index in [4.69, 9.17) is 0 Å². The molecule has 0 fully saturated rings. The number of nitrogens with one attached hydrogen (secondary N) is 1. The van der Waals surface area contributed by atoms with E-state index < -0.39 is 0 Å². The van der Waals surface area contributed by atoms with Gasteiger partial charge in [-0.15, -0.1) is 0 Å². The number of benzene rings is 1. The maximum absolute atomic E-state index is 4.41. The molecule has 1 aliphatic rings. The summed E-state index contributed by atoms with van der Waals surface area (Å²) >= 11 is 3.44. The Hall–Kier alpha value is -0.830. The fourth-order valence-electron chi connectivity index (χ4n) is 1.42. The SMILES string of the molecule is CC1=Nc2ccc(CBr)cc2CN1. The monoisotopic (exact) mass is 238 g/mol. The Morgan fingerprint density at radius 3 is 3.15 bits per heavy atom. The van der Waals surface area contributed by atoms with Crippen LogP contribution in [0.5, 0.6) is 0 Å². The van der Waals surface area contributed by atoms with Crippen molar-refractivity contribution in [2.24, 2.45) is 4.99 Å². The van der Waals surface area contributed by atoms with Crippen LogP contribution in [0.4, 0.5) is 5.69 Å². The predicted molar refractivity (Wildman–Crippen MR) is 58.7 cm³/mol. The van der Waals surface area contributed by atoms with Crippen LogP contribution < -0.4 is 5.32 Å². The Balaban J connectivity index is 2.43. The Labute approximate surface area is 86.2 Å². The van der Waals surface area contributed by atoms with E-state index in [1.807, 2.05) is 6.92 Å². The van der Waals surface area contributed by atoms with E-state index in [1.54, 1.807) is 0 Å². The molecule has 1 heterocycles. The molecule has 0 amide bonds. The average Bonchev–Trinajstić information content (AvgIpc) is 2.17. The number of fused-ring (bicyclic) bond motifs is 1. The normalized spacial score (nSPS) is 14.5. The van der Waals surface area contributed by atoms with Crippen LogP contribution in [-0.4, -0.2) is 5.84 Å². The maximum Gasteiger partial charge on any atom is 0.0993 e.